The summed E-state index contributed by atoms with van der Waals surface area (Å²) in [5, 5.41) is 9.34. The van der Waals surface area contributed by atoms with E-state index in [1.54, 1.807) is 0 Å². The highest BCUT2D eigenvalue weighted by molar-refractivity contribution is 6.06. The summed E-state index contributed by atoms with van der Waals surface area (Å²) in [7, 11) is 0. The molecule has 3 heterocycles. The molecule has 6 nitrogen and oxygen atoms in total. The van der Waals surface area contributed by atoms with Crippen molar-refractivity contribution in [3.63, 3.8) is 0 Å². The first-order valence-corrected chi connectivity index (χ1v) is 12.0. The number of nitrogens with zero attached hydrogens (tertiary/aromatic N) is 3. The minimum absolute atomic E-state index is 0.0225. The Morgan fingerprint density at radius 3 is 2.59 bits per heavy atom. The smallest absolute Gasteiger partial charge is 0.170 e. The van der Waals surface area contributed by atoms with Crippen LogP contribution in [0.3, 0.4) is 0 Å². The number of nitrogens with one attached hydrogen (secondary N) is 1. The Morgan fingerprint density at radius 1 is 1.18 bits per heavy atom. The van der Waals surface area contributed by atoms with Crippen LogP contribution in [0.2, 0.25) is 0 Å². The molecule has 1 aromatic heterocycles. The summed E-state index contributed by atoms with van der Waals surface area (Å²) in [6, 6.07) is 7.16. The topological polar surface area (TPSA) is 72.4 Å². The number of hydrogen-bond donors (Lipinski definition) is 1. The van der Waals surface area contributed by atoms with Crippen LogP contribution in [-0.4, -0.2) is 61.1 Å². The predicted octanol–water partition coefficient (Wildman–Crippen LogP) is 3.24. The van der Waals surface area contributed by atoms with Gasteiger partial charge in [-0.05, 0) is 34.9 Å². The number of ether oxygens (including phenoxy) is 1. The zero-order chi connectivity index (χ0) is 23.6. The zero-order valence-corrected chi connectivity index (χ0v) is 19.7. The number of piperazine rings is 1. The van der Waals surface area contributed by atoms with Crippen LogP contribution in [0.15, 0.2) is 17.7 Å². The molecule has 2 aliphatic heterocycles. The van der Waals surface area contributed by atoms with Gasteiger partial charge >= 0.3 is 0 Å². The van der Waals surface area contributed by atoms with Crippen molar-refractivity contribution in [1.82, 2.24) is 9.88 Å². The number of aromatic nitrogens is 1. The minimum Gasteiger partial charge on any atom is -0.378 e. The number of carbonyl (C=O) groups is 1. The van der Waals surface area contributed by atoms with Crippen molar-refractivity contribution in [3.05, 3.63) is 56.9 Å². The highest BCUT2D eigenvalue weighted by Crippen LogP contribution is 2.46. The first-order chi connectivity index (χ1) is 16.4. The largest absolute Gasteiger partial charge is 0.378 e. The van der Waals surface area contributed by atoms with Crippen molar-refractivity contribution in [2.45, 2.75) is 38.1 Å². The average molecular weight is 453 g/mol. The minimum atomic E-state index is -0.311. The quantitative estimate of drug-likeness (QED) is 0.709. The van der Waals surface area contributed by atoms with Crippen LogP contribution in [0, 0.1) is 23.7 Å². The first kappa shape index (κ1) is 21.2. The number of benzene rings is 1. The Kier molecular flexibility index (Phi) is 4.74. The molecule has 2 fully saturated rings. The molecule has 6 heteroatoms. The molecule has 0 amide bonds. The highest BCUT2D eigenvalue weighted by Gasteiger charge is 2.39. The number of fused-ring (bicyclic) bond motifs is 4. The van der Waals surface area contributed by atoms with Crippen LogP contribution in [0.5, 0.6) is 0 Å². The van der Waals surface area contributed by atoms with E-state index in [0.717, 1.165) is 73.2 Å². The van der Waals surface area contributed by atoms with Gasteiger partial charge in [0.1, 0.15) is 0 Å². The lowest BCUT2D eigenvalue weighted by Gasteiger charge is -2.44. The fourth-order valence-electron chi connectivity index (χ4n) is 6.08. The van der Waals surface area contributed by atoms with Crippen LogP contribution in [0.1, 0.15) is 64.3 Å². The van der Waals surface area contributed by atoms with Gasteiger partial charge in [-0.1, -0.05) is 19.8 Å². The number of hydrogen-bond acceptors (Lipinski definition) is 5. The van der Waals surface area contributed by atoms with Gasteiger partial charge in [0.2, 0.25) is 0 Å². The molecule has 0 unspecified atom stereocenters. The molecule has 34 heavy (non-hydrogen) atoms. The summed E-state index contributed by atoms with van der Waals surface area (Å²) in [4.78, 5) is 21.4. The molecule has 0 radical (unpaired) electrons. The summed E-state index contributed by atoms with van der Waals surface area (Å²) < 4.78 is 5.37. The number of rotatable bonds is 2. The van der Waals surface area contributed by atoms with Crippen molar-refractivity contribution in [2.75, 3.05) is 44.3 Å². The second kappa shape index (κ2) is 7.60. The van der Waals surface area contributed by atoms with Gasteiger partial charge in [0.15, 0.2) is 5.78 Å². The third-order valence-corrected chi connectivity index (χ3v) is 8.06. The second-order valence-electron chi connectivity index (χ2n) is 10.3. The van der Waals surface area contributed by atoms with E-state index in [1.807, 2.05) is 6.08 Å². The van der Waals surface area contributed by atoms with Crippen molar-refractivity contribution in [3.8, 4) is 18.4 Å². The predicted molar refractivity (Wildman–Crippen MR) is 131 cm³/mol. The highest BCUT2D eigenvalue weighted by atomic mass is 16.5. The summed E-state index contributed by atoms with van der Waals surface area (Å²) in [5.74, 6) is 2.96. The number of anilines is 1. The fraction of sp³-hybridized carbons (Fsp3) is 0.429. The van der Waals surface area contributed by atoms with E-state index in [2.05, 4.69) is 52.8 Å². The van der Waals surface area contributed by atoms with Crippen molar-refractivity contribution in [1.29, 1.82) is 5.26 Å². The third kappa shape index (κ3) is 3.06. The van der Waals surface area contributed by atoms with Gasteiger partial charge in [0.25, 0.3) is 0 Å². The van der Waals surface area contributed by atoms with Gasteiger partial charge in [-0.2, -0.15) is 5.26 Å². The summed E-state index contributed by atoms with van der Waals surface area (Å²) in [6.45, 7) is 10.0. The van der Waals surface area contributed by atoms with Crippen LogP contribution in [-0.2, 0) is 16.6 Å². The molecule has 172 valence electrons. The molecule has 0 spiro atoms. The lowest BCUT2D eigenvalue weighted by molar-refractivity contribution is -0.0660. The average Bonchev–Trinajstić information content (AvgIpc) is 3.18. The molecule has 0 bridgehead atoms. The number of nitriles is 1. The molecule has 0 atom stereocenters. The van der Waals surface area contributed by atoms with E-state index in [-0.39, 0.29) is 17.6 Å². The standard InChI is InChI=1S/C28H28N4O2/c1-4-18-11-19-12-21-26-23(9-17(14-29)10-25(26)33)30-27(21)28(2,3)22(19)13-24(18)32-7-5-31(6-8-32)20-15-34-16-20/h1,9,11,13,20,30H,5-8,10,12,15-16H2,2-3H3. The Labute approximate surface area is 200 Å². The molecule has 2 aromatic rings. The number of H-pyrrole nitrogens is 1. The lowest BCUT2D eigenvalue weighted by Crippen LogP contribution is -2.56. The number of Topliss-reactive ketones (excluding diaryl/α,β-unsaturated/α-hetero) is 1. The van der Waals surface area contributed by atoms with Gasteiger partial charge in [0, 0.05) is 66.8 Å². The maximum atomic E-state index is 12.9. The molecule has 2 saturated heterocycles. The van der Waals surface area contributed by atoms with Gasteiger partial charge in [-0.3, -0.25) is 9.69 Å². The maximum Gasteiger partial charge on any atom is 0.170 e. The number of ketones is 1. The van der Waals surface area contributed by atoms with Crippen LogP contribution in [0.25, 0.3) is 6.08 Å². The van der Waals surface area contributed by atoms with E-state index < -0.39 is 0 Å². The Balaban J connectivity index is 1.38. The van der Waals surface area contributed by atoms with Crippen molar-refractivity contribution in [2.24, 2.45) is 0 Å². The van der Waals surface area contributed by atoms with Crippen LogP contribution >= 0.6 is 0 Å². The molecule has 6 rings (SSSR count). The van der Waals surface area contributed by atoms with E-state index >= 15 is 0 Å². The molecule has 4 aliphatic rings. The first-order valence-electron chi connectivity index (χ1n) is 12.0. The SMILES string of the molecule is C#Cc1cc2c(cc1N1CCN(C3COC3)CC1)C(C)(C)c1[nH]c3c(c1C2)C(=O)CC(C#N)=C3. The zero-order valence-electron chi connectivity index (χ0n) is 19.7. The Bertz CT molecular complexity index is 1320. The number of carbonyl (C=O) groups excluding carboxylic acids is 1. The summed E-state index contributed by atoms with van der Waals surface area (Å²) in [5.41, 5.74) is 8.32. The third-order valence-electron chi connectivity index (χ3n) is 8.06. The Hall–Kier alpha value is -3.32. The normalized spacial score (nSPS) is 21.5. The van der Waals surface area contributed by atoms with Gasteiger partial charge in [-0.15, -0.1) is 6.42 Å². The van der Waals surface area contributed by atoms with Gasteiger partial charge in [-0.25, -0.2) is 0 Å². The number of allylic oxidation sites excluding steroid dienone is 1. The van der Waals surface area contributed by atoms with Gasteiger partial charge in [0.05, 0.1) is 36.7 Å². The van der Waals surface area contributed by atoms with E-state index in [4.69, 9.17) is 11.2 Å². The van der Waals surface area contributed by atoms with E-state index in [9.17, 15) is 10.1 Å². The monoisotopic (exact) mass is 452 g/mol. The van der Waals surface area contributed by atoms with Gasteiger partial charge < -0.3 is 14.6 Å². The number of terminal acetylenes is 1. The Morgan fingerprint density at radius 2 is 1.94 bits per heavy atom. The fourth-order valence-corrected chi connectivity index (χ4v) is 6.08. The van der Waals surface area contributed by atoms with Crippen molar-refractivity contribution < 1.29 is 9.53 Å². The maximum absolute atomic E-state index is 12.9. The van der Waals surface area contributed by atoms with E-state index in [1.165, 1.54) is 11.1 Å². The summed E-state index contributed by atoms with van der Waals surface area (Å²) >= 11 is 0. The van der Waals surface area contributed by atoms with Crippen molar-refractivity contribution >= 4 is 17.5 Å². The van der Waals surface area contributed by atoms with E-state index in [0.29, 0.717) is 18.0 Å². The van der Waals surface area contributed by atoms with Crippen LogP contribution in [0.4, 0.5) is 5.69 Å². The molecule has 1 N–H and O–H groups in total. The lowest BCUT2D eigenvalue weighted by atomic mass is 9.70. The molecule has 2 aliphatic carbocycles. The number of aromatic amines is 1. The molecule has 0 saturated carbocycles. The molecular formula is C28H28N4O2. The van der Waals surface area contributed by atoms with Crippen LogP contribution < -0.4 is 4.90 Å². The molecular weight excluding hydrogens is 424 g/mol. The second-order valence-corrected chi connectivity index (χ2v) is 10.3. The summed E-state index contributed by atoms with van der Waals surface area (Å²) in [6.07, 6.45) is 8.68. The molecule has 1 aromatic carbocycles.